The van der Waals surface area contributed by atoms with Gasteiger partial charge in [0.05, 0.1) is 12.5 Å². The smallest absolute Gasteiger partial charge is 0.326 e. The normalized spacial score (nSPS) is 13.9. The third-order valence-corrected chi connectivity index (χ3v) is 6.30. The van der Waals surface area contributed by atoms with E-state index in [1.807, 2.05) is 6.07 Å². The molecule has 15 heteroatoms. The SMILES string of the molecule is NCCCCC(NC(=O)C(Cc1c[nH]c2ccccc12)NC(=O)C(CCC(=O)O)NC(=O)C(N)CC(=O)O)C(=O)O. The van der Waals surface area contributed by atoms with E-state index in [1.54, 1.807) is 24.4 Å². The number of carboxylic acid groups (broad SMARTS) is 3. The van der Waals surface area contributed by atoms with Crippen LogP contribution >= 0.6 is 0 Å². The van der Waals surface area contributed by atoms with Gasteiger partial charge in [-0.05, 0) is 43.9 Å². The number of para-hydroxylation sites is 1. The van der Waals surface area contributed by atoms with E-state index in [2.05, 4.69) is 20.9 Å². The number of carbonyl (C=O) groups is 6. The van der Waals surface area contributed by atoms with Crippen molar-refractivity contribution in [2.24, 2.45) is 11.5 Å². The standard InChI is InChI=1S/C26H36N6O9/c27-10-4-3-7-19(26(40)41)31-25(39)20(11-14-13-29-17-6-2-1-5-15(14)17)32-24(38)18(8-9-21(33)34)30-23(37)16(28)12-22(35)36/h1-2,5-6,13,16,18-20,29H,3-4,7-12,27-28H2,(H,30,37)(H,31,39)(H,32,38)(H,33,34)(H,35,36)(H,40,41). The summed E-state index contributed by atoms with van der Waals surface area (Å²) in [4.78, 5) is 76.0. The maximum atomic E-state index is 13.3. The molecule has 0 bridgehead atoms. The van der Waals surface area contributed by atoms with Crippen molar-refractivity contribution in [3.63, 3.8) is 0 Å². The van der Waals surface area contributed by atoms with Crippen molar-refractivity contribution in [3.8, 4) is 0 Å². The van der Waals surface area contributed by atoms with E-state index >= 15 is 0 Å². The Labute approximate surface area is 235 Å². The van der Waals surface area contributed by atoms with Crippen LogP contribution in [0.5, 0.6) is 0 Å². The quantitative estimate of drug-likeness (QED) is 0.0976. The number of nitrogens with one attached hydrogen (secondary N) is 4. The number of nitrogens with two attached hydrogens (primary N) is 2. The summed E-state index contributed by atoms with van der Waals surface area (Å²) in [5, 5.41) is 35.6. The minimum absolute atomic E-state index is 0.0746. The average Bonchev–Trinajstić information content (AvgIpc) is 3.31. The van der Waals surface area contributed by atoms with Gasteiger partial charge in [-0.2, -0.15) is 0 Å². The number of H-pyrrole nitrogens is 1. The summed E-state index contributed by atoms with van der Waals surface area (Å²) in [7, 11) is 0. The maximum Gasteiger partial charge on any atom is 0.326 e. The van der Waals surface area contributed by atoms with E-state index in [-0.39, 0.29) is 19.3 Å². The zero-order valence-electron chi connectivity index (χ0n) is 22.3. The lowest BCUT2D eigenvalue weighted by molar-refractivity contribution is -0.142. The van der Waals surface area contributed by atoms with Crippen molar-refractivity contribution >= 4 is 46.5 Å². The van der Waals surface area contributed by atoms with Crippen LogP contribution in [0.1, 0.15) is 44.1 Å². The summed E-state index contributed by atoms with van der Waals surface area (Å²) in [5.41, 5.74) is 12.4. The van der Waals surface area contributed by atoms with Gasteiger partial charge in [-0.25, -0.2) is 4.79 Å². The van der Waals surface area contributed by atoms with E-state index in [1.165, 1.54) is 0 Å². The van der Waals surface area contributed by atoms with Crippen LogP contribution in [-0.2, 0) is 35.2 Å². The first-order valence-electron chi connectivity index (χ1n) is 13.0. The number of amides is 3. The molecule has 41 heavy (non-hydrogen) atoms. The predicted octanol–water partition coefficient (Wildman–Crippen LogP) is -0.955. The molecule has 0 fully saturated rings. The van der Waals surface area contributed by atoms with Crippen LogP contribution in [0.25, 0.3) is 10.9 Å². The van der Waals surface area contributed by atoms with E-state index < -0.39 is 72.6 Å². The van der Waals surface area contributed by atoms with Gasteiger partial charge >= 0.3 is 17.9 Å². The number of carboxylic acids is 3. The Balaban J connectivity index is 2.32. The lowest BCUT2D eigenvalue weighted by atomic mass is 10.0. The van der Waals surface area contributed by atoms with Crippen molar-refractivity contribution in [3.05, 3.63) is 36.0 Å². The van der Waals surface area contributed by atoms with Gasteiger partial charge in [-0.1, -0.05) is 18.2 Å². The minimum atomic E-state index is -1.51. The second kappa shape index (κ2) is 15.9. The van der Waals surface area contributed by atoms with Crippen molar-refractivity contribution in [1.29, 1.82) is 0 Å². The number of aliphatic carboxylic acids is 3. The maximum absolute atomic E-state index is 13.3. The molecule has 1 aromatic carbocycles. The van der Waals surface area contributed by atoms with Gasteiger partial charge < -0.3 is 47.7 Å². The molecule has 0 saturated heterocycles. The fraction of sp³-hybridized carbons (Fsp3) is 0.462. The van der Waals surface area contributed by atoms with Gasteiger partial charge in [0.25, 0.3) is 0 Å². The molecule has 2 rings (SSSR count). The van der Waals surface area contributed by atoms with Gasteiger partial charge in [-0.3, -0.25) is 24.0 Å². The van der Waals surface area contributed by atoms with Crippen molar-refractivity contribution in [2.45, 2.75) is 69.1 Å². The van der Waals surface area contributed by atoms with Crippen LogP contribution in [0.2, 0.25) is 0 Å². The molecule has 2 aromatic rings. The molecule has 224 valence electrons. The Morgan fingerprint density at radius 3 is 2.07 bits per heavy atom. The molecule has 0 radical (unpaired) electrons. The second-order valence-electron chi connectivity index (χ2n) is 9.51. The van der Waals surface area contributed by atoms with E-state index in [9.17, 15) is 33.9 Å². The van der Waals surface area contributed by atoms with Gasteiger partial charge in [0.2, 0.25) is 17.7 Å². The number of carbonyl (C=O) groups excluding carboxylic acids is 3. The van der Waals surface area contributed by atoms with E-state index in [4.69, 9.17) is 21.7 Å². The van der Waals surface area contributed by atoms with Gasteiger partial charge in [-0.15, -0.1) is 0 Å². The zero-order chi connectivity index (χ0) is 30.5. The van der Waals surface area contributed by atoms with Gasteiger partial charge in [0, 0.05) is 29.9 Å². The Morgan fingerprint density at radius 1 is 0.805 bits per heavy atom. The van der Waals surface area contributed by atoms with Crippen LogP contribution in [0.3, 0.4) is 0 Å². The average molecular weight is 577 g/mol. The summed E-state index contributed by atoms with van der Waals surface area (Å²) in [5.74, 6) is -6.63. The fourth-order valence-corrected chi connectivity index (χ4v) is 4.12. The van der Waals surface area contributed by atoms with E-state index in [0.717, 1.165) is 10.9 Å². The first-order valence-corrected chi connectivity index (χ1v) is 13.0. The number of fused-ring (bicyclic) bond motifs is 1. The highest BCUT2D eigenvalue weighted by Crippen LogP contribution is 2.19. The highest BCUT2D eigenvalue weighted by Gasteiger charge is 2.31. The highest BCUT2D eigenvalue weighted by molar-refractivity contribution is 5.95. The number of aromatic amines is 1. The molecule has 1 aromatic heterocycles. The predicted molar refractivity (Wildman–Crippen MR) is 145 cm³/mol. The number of hydrogen-bond acceptors (Lipinski definition) is 8. The molecule has 15 nitrogen and oxygen atoms in total. The molecular weight excluding hydrogens is 540 g/mol. The lowest BCUT2D eigenvalue weighted by Crippen LogP contribution is -2.57. The Hall–Kier alpha value is -4.50. The van der Waals surface area contributed by atoms with Crippen LogP contribution < -0.4 is 27.4 Å². The molecule has 4 atom stereocenters. The molecule has 3 amide bonds. The zero-order valence-corrected chi connectivity index (χ0v) is 22.3. The number of hydrogen-bond donors (Lipinski definition) is 9. The monoisotopic (exact) mass is 576 g/mol. The molecule has 4 unspecified atom stereocenters. The Kier molecular flexibility index (Phi) is 12.7. The van der Waals surface area contributed by atoms with Gasteiger partial charge in [0.15, 0.2) is 0 Å². The molecule has 0 spiro atoms. The molecule has 0 aliphatic carbocycles. The van der Waals surface area contributed by atoms with Gasteiger partial charge in [0.1, 0.15) is 18.1 Å². The van der Waals surface area contributed by atoms with Crippen molar-refractivity contribution < 1.29 is 44.1 Å². The van der Waals surface area contributed by atoms with Crippen molar-refractivity contribution in [1.82, 2.24) is 20.9 Å². The molecule has 1 heterocycles. The van der Waals surface area contributed by atoms with E-state index in [0.29, 0.717) is 24.9 Å². The van der Waals surface area contributed by atoms with Crippen LogP contribution in [0.15, 0.2) is 30.5 Å². The molecular formula is C26H36N6O9. The third kappa shape index (κ3) is 10.5. The topological polar surface area (TPSA) is 267 Å². The summed E-state index contributed by atoms with van der Waals surface area (Å²) in [6.45, 7) is 0.346. The summed E-state index contributed by atoms with van der Waals surface area (Å²) >= 11 is 0. The molecule has 0 aliphatic heterocycles. The minimum Gasteiger partial charge on any atom is -0.481 e. The largest absolute Gasteiger partial charge is 0.481 e. The number of rotatable bonds is 18. The summed E-state index contributed by atoms with van der Waals surface area (Å²) < 4.78 is 0. The second-order valence-corrected chi connectivity index (χ2v) is 9.51. The lowest BCUT2D eigenvalue weighted by Gasteiger charge is -2.25. The first-order chi connectivity index (χ1) is 19.4. The highest BCUT2D eigenvalue weighted by atomic mass is 16.4. The Morgan fingerprint density at radius 2 is 1.44 bits per heavy atom. The summed E-state index contributed by atoms with van der Waals surface area (Å²) in [6.07, 6.45) is 1.00. The number of aromatic nitrogens is 1. The van der Waals surface area contributed by atoms with Crippen LogP contribution in [-0.4, -0.2) is 86.6 Å². The molecule has 0 aliphatic rings. The first kappa shape index (κ1) is 32.7. The molecule has 11 N–H and O–H groups in total. The fourth-order valence-electron chi connectivity index (χ4n) is 4.12. The molecule has 0 saturated carbocycles. The Bertz CT molecular complexity index is 1250. The number of unbranched alkanes of at least 4 members (excludes halogenated alkanes) is 1. The van der Waals surface area contributed by atoms with Crippen molar-refractivity contribution in [2.75, 3.05) is 6.54 Å². The summed E-state index contributed by atoms with van der Waals surface area (Å²) in [6, 6.07) is 1.62. The van der Waals surface area contributed by atoms with Crippen LogP contribution in [0.4, 0.5) is 0 Å². The number of benzene rings is 1. The van der Waals surface area contributed by atoms with Crippen LogP contribution in [0, 0.1) is 0 Å². The third-order valence-electron chi connectivity index (χ3n) is 6.30.